The highest BCUT2D eigenvalue weighted by atomic mass is 16.5. The lowest BCUT2D eigenvalue weighted by atomic mass is 9.94. The topological polar surface area (TPSA) is 66.1 Å². The summed E-state index contributed by atoms with van der Waals surface area (Å²) in [5.74, 6) is 1.39. The van der Waals surface area contributed by atoms with Crippen LogP contribution in [0.4, 0.5) is 0 Å². The minimum Gasteiger partial charge on any atom is -0.497 e. The molecule has 1 aromatic heterocycles. The summed E-state index contributed by atoms with van der Waals surface area (Å²) in [4.78, 5) is 16.4. The summed E-state index contributed by atoms with van der Waals surface area (Å²) in [5.41, 5.74) is 4.70. The molecule has 1 aliphatic rings. The van der Waals surface area contributed by atoms with Gasteiger partial charge in [-0.2, -0.15) is 0 Å². The predicted octanol–water partition coefficient (Wildman–Crippen LogP) is 4.09. The molecule has 0 fully saturated rings. The van der Waals surface area contributed by atoms with E-state index in [0.717, 1.165) is 23.3 Å². The highest BCUT2D eigenvalue weighted by Gasteiger charge is 2.30. The number of hydrogen-bond donors (Lipinski definition) is 3. The smallest absolute Gasteiger partial charge is 0.237 e. The number of aromatic amines is 1. The van der Waals surface area contributed by atoms with Gasteiger partial charge in [0, 0.05) is 29.7 Å². The number of aromatic nitrogens is 1. The van der Waals surface area contributed by atoms with Crippen molar-refractivity contribution in [2.75, 3.05) is 7.11 Å². The van der Waals surface area contributed by atoms with Crippen molar-refractivity contribution in [2.24, 2.45) is 5.92 Å². The molecule has 5 nitrogen and oxygen atoms in total. The van der Waals surface area contributed by atoms with E-state index in [1.165, 1.54) is 16.5 Å². The van der Waals surface area contributed by atoms with Crippen molar-refractivity contribution < 1.29 is 9.53 Å². The Labute approximate surface area is 171 Å². The van der Waals surface area contributed by atoms with Crippen molar-refractivity contribution in [3.63, 3.8) is 0 Å². The van der Waals surface area contributed by atoms with E-state index in [4.69, 9.17) is 4.74 Å². The van der Waals surface area contributed by atoms with Crippen LogP contribution in [0, 0.1) is 5.92 Å². The van der Waals surface area contributed by atoms with Crippen LogP contribution in [0.5, 0.6) is 5.75 Å². The van der Waals surface area contributed by atoms with Crippen LogP contribution in [0.3, 0.4) is 0 Å². The fraction of sp³-hybridized carbons (Fsp3) is 0.375. The van der Waals surface area contributed by atoms with Crippen molar-refractivity contribution in [3.8, 4) is 5.75 Å². The van der Waals surface area contributed by atoms with Crippen molar-refractivity contribution in [2.45, 2.75) is 45.3 Å². The summed E-state index contributed by atoms with van der Waals surface area (Å²) in [7, 11) is 1.65. The second-order valence-electron chi connectivity index (χ2n) is 8.26. The Bertz CT molecular complexity index is 991. The molecule has 3 aromatic rings. The molecule has 2 unspecified atom stereocenters. The van der Waals surface area contributed by atoms with Gasteiger partial charge in [0.25, 0.3) is 0 Å². The molecule has 5 heteroatoms. The minimum absolute atomic E-state index is 0.0386. The Hall–Kier alpha value is -2.79. The Balaban J connectivity index is 1.53. The second kappa shape index (κ2) is 8.29. The molecule has 2 heterocycles. The van der Waals surface area contributed by atoms with Crippen LogP contribution in [0.2, 0.25) is 0 Å². The lowest BCUT2D eigenvalue weighted by molar-refractivity contribution is -0.123. The summed E-state index contributed by atoms with van der Waals surface area (Å²) >= 11 is 0. The van der Waals surface area contributed by atoms with Crippen molar-refractivity contribution in [1.29, 1.82) is 0 Å². The van der Waals surface area contributed by atoms with Gasteiger partial charge in [0.05, 0.1) is 13.2 Å². The van der Waals surface area contributed by atoms with Gasteiger partial charge in [-0.05, 0) is 53.6 Å². The van der Waals surface area contributed by atoms with Crippen LogP contribution < -0.4 is 15.4 Å². The zero-order valence-corrected chi connectivity index (χ0v) is 17.3. The summed E-state index contributed by atoms with van der Waals surface area (Å²) in [5, 5.41) is 8.03. The molecule has 0 bridgehead atoms. The molecular weight excluding hydrogens is 362 g/mol. The highest BCUT2D eigenvalue weighted by Crippen LogP contribution is 2.34. The first-order chi connectivity index (χ1) is 14.0. The molecule has 0 aliphatic carbocycles. The van der Waals surface area contributed by atoms with Crippen molar-refractivity contribution in [1.82, 2.24) is 15.6 Å². The summed E-state index contributed by atoms with van der Waals surface area (Å²) in [6, 6.07) is 14.1. The van der Waals surface area contributed by atoms with Gasteiger partial charge in [-0.3, -0.25) is 10.1 Å². The van der Waals surface area contributed by atoms with E-state index < -0.39 is 0 Å². The summed E-state index contributed by atoms with van der Waals surface area (Å²) in [6.07, 6.45) is 3.73. The Morgan fingerprint density at radius 2 is 2.00 bits per heavy atom. The molecule has 0 saturated heterocycles. The molecule has 4 rings (SSSR count). The van der Waals surface area contributed by atoms with Crippen LogP contribution in [-0.2, 0) is 17.8 Å². The van der Waals surface area contributed by atoms with E-state index in [9.17, 15) is 4.79 Å². The second-order valence-corrected chi connectivity index (χ2v) is 8.26. The van der Waals surface area contributed by atoms with E-state index in [1.54, 1.807) is 7.11 Å². The normalized spacial score (nSPS) is 18.6. The zero-order chi connectivity index (χ0) is 20.4. The van der Waals surface area contributed by atoms with Crippen molar-refractivity contribution >= 4 is 16.8 Å². The van der Waals surface area contributed by atoms with E-state index in [1.807, 2.05) is 24.3 Å². The van der Waals surface area contributed by atoms with Crippen LogP contribution >= 0.6 is 0 Å². The molecule has 2 atom stereocenters. The lowest BCUT2D eigenvalue weighted by Crippen LogP contribution is -2.46. The van der Waals surface area contributed by atoms with Crippen LogP contribution in [0.25, 0.3) is 10.9 Å². The third kappa shape index (κ3) is 4.15. The number of ether oxygens (including phenoxy) is 1. The van der Waals surface area contributed by atoms with Gasteiger partial charge < -0.3 is 15.0 Å². The maximum absolute atomic E-state index is 13.1. The molecule has 0 radical (unpaired) electrons. The zero-order valence-electron chi connectivity index (χ0n) is 17.3. The Morgan fingerprint density at radius 3 is 2.72 bits per heavy atom. The first kappa shape index (κ1) is 19.5. The number of methoxy groups -OCH3 is 1. The Kier molecular flexibility index (Phi) is 5.58. The summed E-state index contributed by atoms with van der Waals surface area (Å²) < 4.78 is 5.20. The number of benzene rings is 2. The predicted molar refractivity (Wildman–Crippen MR) is 116 cm³/mol. The fourth-order valence-electron chi connectivity index (χ4n) is 4.24. The lowest BCUT2D eigenvalue weighted by Gasteiger charge is -2.25. The molecule has 29 heavy (non-hydrogen) atoms. The monoisotopic (exact) mass is 391 g/mol. The number of H-pyrrole nitrogens is 1. The number of hydrogen-bond acceptors (Lipinski definition) is 3. The average molecular weight is 392 g/mol. The number of nitrogens with one attached hydrogen (secondary N) is 3. The maximum atomic E-state index is 13.1. The van der Waals surface area contributed by atoms with E-state index >= 15 is 0 Å². The third-order valence-electron chi connectivity index (χ3n) is 5.67. The molecule has 0 saturated carbocycles. The van der Waals surface area contributed by atoms with Crippen LogP contribution in [0.1, 0.15) is 43.0 Å². The first-order valence-corrected chi connectivity index (χ1v) is 10.3. The van der Waals surface area contributed by atoms with E-state index in [2.05, 4.69) is 53.9 Å². The molecule has 1 aliphatic heterocycles. The minimum atomic E-state index is -0.261. The van der Waals surface area contributed by atoms with Gasteiger partial charge >= 0.3 is 0 Å². The summed E-state index contributed by atoms with van der Waals surface area (Å²) in [6.45, 7) is 4.96. The quantitative estimate of drug-likeness (QED) is 0.593. The number of carbonyl (C=O) groups excluding carboxylic acids is 1. The van der Waals surface area contributed by atoms with Crippen molar-refractivity contribution in [3.05, 3.63) is 65.4 Å². The number of carbonyl (C=O) groups is 1. The average Bonchev–Trinajstić information content (AvgIpc) is 3.06. The van der Waals surface area contributed by atoms with Crippen LogP contribution in [0.15, 0.2) is 48.7 Å². The standard InChI is InChI=1S/C24H29N3O2/c1-15(2)11-21-19-5-4-6-20-23(19)17(14-25-20)12-22(27-21)24(28)26-13-16-7-9-18(29-3)10-8-16/h4-10,14-15,21-22,25,27H,11-13H2,1-3H3,(H,26,28). The molecule has 1 amide bonds. The van der Waals surface area contributed by atoms with Crippen LogP contribution in [-0.4, -0.2) is 24.0 Å². The Morgan fingerprint density at radius 1 is 1.21 bits per heavy atom. The fourth-order valence-corrected chi connectivity index (χ4v) is 4.24. The molecule has 3 N–H and O–H groups in total. The number of amides is 1. The van der Waals surface area contributed by atoms with Gasteiger partial charge in [0.15, 0.2) is 0 Å². The SMILES string of the molecule is COc1ccc(CNC(=O)C2Cc3c[nH]c4cccc(c34)C(CC(C)C)N2)cc1. The third-order valence-corrected chi connectivity index (χ3v) is 5.67. The molecular formula is C24H29N3O2. The van der Waals surface area contributed by atoms with Gasteiger partial charge in [-0.25, -0.2) is 0 Å². The largest absolute Gasteiger partial charge is 0.497 e. The first-order valence-electron chi connectivity index (χ1n) is 10.3. The number of rotatable bonds is 6. The van der Waals surface area contributed by atoms with Gasteiger partial charge in [-0.1, -0.05) is 38.1 Å². The molecule has 152 valence electrons. The molecule has 2 aromatic carbocycles. The maximum Gasteiger partial charge on any atom is 0.237 e. The highest BCUT2D eigenvalue weighted by molar-refractivity contribution is 5.90. The van der Waals surface area contributed by atoms with E-state index in [0.29, 0.717) is 18.9 Å². The van der Waals surface area contributed by atoms with Gasteiger partial charge in [0.1, 0.15) is 5.75 Å². The molecule has 0 spiro atoms. The van der Waals surface area contributed by atoms with E-state index in [-0.39, 0.29) is 18.0 Å². The van der Waals surface area contributed by atoms with Gasteiger partial charge in [0.2, 0.25) is 5.91 Å². The van der Waals surface area contributed by atoms with Gasteiger partial charge in [-0.15, -0.1) is 0 Å².